The van der Waals surface area contributed by atoms with Crippen LogP contribution in [0.1, 0.15) is 96.5 Å². The van der Waals surface area contributed by atoms with Crippen LogP contribution < -0.4 is 18.9 Å². The zero-order valence-corrected chi connectivity index (χ0v) is 37.5. The van der Waals surface area contributed by atoms with Gasteiger partial charge in [-0.1, -0.05) is 91.4 Å². The molecule has 3 aliphatic rings. The summed E-state index contributed by atoms with van der Waals surface area (Å²) in [5.41, 5.74) is 5.29. The molecule has 8 rings (SSSR count). The number of methoxy groups -OCH3 is 4. The number of carbonyl (C=O) groups is 2. The zero-order chi connectivity index (χ0) is 44.7. The molecule has 4 atom stereocenters. The summed E-state index contributed by atoms with van der Waals surface area (Å²) in [6, 6.07) is 34.8. The number of nitrogens with zero attached hydrogens (tertiary/aromatic N) is 1. The third kappa shape index (κ3) is 9.70. The monoisotopic (exact) mass is 851 g/mol. The van der Waals surface area contributed by atoms with Crippen molar-refractivity contribution in [3.63, 3.8) is 0 Å². The van der Waals surface area contributed by atoms with E-state index in [9.17, 15) is 15.0 Å². The Morgan fingerprint density at radius 2 is 1.51 bits per heavy atom. The van der Waals surface area contributed by atoms with E-state index in [-0.39, 0.29) is 37.1 Å². The van der Waals surface area contributed by atoms with Crippen LogP contribution in [-0.4, -0.2) is 73.5 Å². The largest absolute Gasteiger partial charge is 0.497 e. The Morgan fingerprint density at radius 3 is 2.25 bits per heavy atom. The molecule has 1 amide bonds. The first-order valence-corrected chi connectivity index (χ1v) is 22.0. The fourth-order valence-electron chi connectivity index (χ4n) is 9.91. The van der Waals surface area contributed by atoms with E-state index >= 15 is 4.79 Å². The summed E-state index contributed by atoms with van der Waals surface area (Å²) in [5, 5.41) is 24.6. The summed E-state index contributed by atoms with van der Waals surface area (Å²) in [6.45, 7) is 4.48. The molecule has 4 unspecified atom stereocenters. The van der Waals surface area contributed by atoms with Crippen molar-refractivity contribution in [2.45, 2.75) is 89.4 Å². The van der Waals surface area contributed by atoms with Crippen molar-refractivity contribution in [1.29, 1.82) is 0 Å². The van der Waals surface area contributed by atoms with Gasteiger partial charge in [-0.25, -0.2) is 0 Å². The highest BCUT2D eigenvalue weighted by Crippen LogP contribution is 2.59. The van der Waals surface area contributed by atoms with Crippen molar-refractivity contribution < 1.29 is 38.7 Å². The van der Waals surface area contributed by atoms with E-state index < -0.39 is 17.1 Å². The number of ketones is 1. The van der Waals surface area contributed by atoms with E-state index in [1.165, 1.54) is 5.57 Å². The minimum Gasteiger partial charge on any atom is -0.497 e. The zero-order valence-electron chi connectivity index (χ0n) is 37.5. The van der Waals surface area contributed by atoms with Crippen molar-refractivity contribution in [2.24, 2.45) is 5.41 Å². The first-order chi connectivity index (χ1) is 30.4. The van der Waals surface area contributed by atoms with E-state index in [2.05, 4.69) is 26.0 Å². The van der Waals surface area contributed by atoms with Gasteiger partial charge in [0.2, 0.25) is 5.91 Å². The average molecular weight is 852 g/mol. The molecule has 330 valence electrons. The first-order valence-electron chi connectivity index (χ1n) is 22.0. The summed E-state index contributed by atoms with van der Waals surface area (Å²) in [6.07, 6.45) is 5.78. The number of ether oxygens (including phenoxy) is 4. The van der Waals surface area contributed by atoms with E-state index in [1.54, 1.807) is 45.5 Å². The predicted octanol–water partition coefficient (Wildman–Crippen LogP) is 9.93. The first kappa shape index (κ1) is 45.1. The number of aliphatic hydroxyl groups is 2. The number of aliphatic hydroxyl groups excluding tert-OH is 1. The Hall–Kier alpha value is -5.90. The Kier molecular flexibility index (Phi) is 14.1. The Morgan fingerprint density at radius 1 is 0.762 bits per heavy atom. The number of allylic oxidation sites excluding steroid dienone is 2. The van der Waals surface area contributed by atoms with Crippen LogP contribution in [0.5, 0.6) is 23.0 Å². The minimum absolute atomic E-state index is 0.0500. The van der Waals surface area contributed by atoms with Crippen LogP contribution >= 0.6 is 0 Å². The van der Waals surface area contributed by atoms with Crippen molar-refractivity contribution >= 4 is 11.7 Å². The van der Waals surface area contributed by atoms with Crippen LogP contribution in [0, 0.1) is 5.41 Å². The Bertz CT molecular complexity index is 2440. The number of fused-ring (bicyclic) bond motifs is 8. The average Bonchev–Trinajstić information content (AvgIpc) is 3.55. The van der Waals surface area contributed by atoms with Gasteiger partial charge >= 0.3 is 0 Å². The number of rotatable bonds is 13. The normalized spacial score (nSPS) is 21.1. The molecular formula is C54H61NO8. The summed E-state index contributed by atoms with van der Waals surface area (Å²) in [4.78, 5) is 31.7. The quantitative estimate of drug-likeness (QED) is 0.0890. The van der Waals surface area contributed by atoms with Gasteiger partial charge in [0, 0.05) is 34.7 Å². The second kappa shape index (κ2) is 19.7. The molecule has 0 saturated heterocycles. The minimum atomic E-state index is -1.36. The van der Waals surface area contributed by atoms with Crippen molar-refractivity contribution in [1.82, 2.24) is 4.90 Å². The number of hydrogen-bond donors (Lipinski definition) is 2. The van der Waals surface area contributed by atoms with E-state index in [4.69, 9.17) is 18.9 Å². The molecule has 2 N–H and O–H groups in total. The molecule has 0 aliphatic heterocycles. The Balaban J connectivity index is 1.32. The van der Waals surface area contributed by atoms with Gasteiger partial charge < -0.3 is 34.1 Å². The molecule has 0 spiro atoms. The fourth-order valence-corrected chi connectivity index (χ4v) is 9.91. The lowest BCUT2D eigenvalue weighted by Crippen LogP contribution is -2.53. The second-order valence-electron chi connectivity index (χ2n) is 17.5. The standard InChI is InChI=1S/C54H61NO8/c1-36-13-12-27-53(2)47(44-24-19-37(29-41(56)22-18-36)30-46(44)52(58)45-17-11-10-16-43(45)39-14-8-7-9-15-39)26-28-54(53,59)35-55(34-40-21-23-42(60-3)33-49(40)62-5)51(57)32-38-20-25-48(61-4)50(31-38)63-6/h7-11,13-17,19-21,23-25,30-31,33,41,47,56,59H,12,18,22,26-29,32,34-35H2,1-6H3. The van der Waals surface area contributed by atoms with Crippen LogP contribution in [0.15, 0.2) is 121 Å². The summed E-state index contributed by atoms with van der Waals surface area (Å²) < 4.78 is 22.4. The van der Waals surface area contributed by atoms with Crippen molar-refractivity contribution in [2.75, 3.05) is 35.0 Å². The van der Waals surface area contributed by atoms with Gasteiger partial charge in [-0.05, 0) is 116 Å². The van der Waals surface area contributed by atoms with Crippen LogP contribution in [0.2, 0.25) is 0 Å². The smallest absolute Gasteiger partial charge is 0.227 e. The van der Waals surface area contributed by atoms with Gasteiger partial charge in [0.25, 0.3) is 0 Å². The Labute approximate surface area is 372 Å². The predicted molar refractivity (Wildman–Crippen MR) is 247 cm³/mol. The number of benzene rings is 5. The maximum atomic E-state index is 15.2. The maximum absolute atomic E-state index is 15.2. The molecular weight excluding hydrogens is 791 g/mol. The molecule has 5 aromatic carbocycles. The van der Waals surface area contributed by atoms with Gasteiger partial charge in [-0.2, -0.15) is 0 Å². The SMILES string of the molecule is COc1ccc(CN(CC2(O)CCC3c4ccc(cc4C(=O)c4ccccc4-c4ccccc4)CC(O)CCC(C)=CCCC32C)C(=O)Cc2ccc(OC)c(OC)c2)c(OC)c1. The van der Waals surface area contributed by atoms with Crippen LogP contribution in [0.3, 0.4) is 0 Å². The molecule has 2 bridgehead atoms. The van der Waals surface area contributed by atoms with Crippen molar-refractivity contribution in [3.05, 3.63) is 154 Å². The molecule has 0 radical (unpaired) electrons. The maximum Gasteiger partial charge on any atom is 0.227 e. The third-order valence-electron chi connectivity index (χ3n) is 13.6. The number of carbonyl (C=O) groups excluding carboxylic acids is 2. The molecule has 0 heterocycles. The highest BCUT2D eigenvalue weighted by atomic mass is 16.5. The lowest BCUT2D eigenvalue weighted by molar-refractivity contribution is -0.140. The van der Waals surface area contributed by atoms with Gasteiger partial charge in [0.05, 0.1) is 53.1 Å². The van der Waals surface area contributed by atoms with Gasteiger partial charge in [0.15, 0.2) is 17.3 Å². The number of amides is 1. The summed E-state index contributed by atoms with van der Waals surface area (Å²) in [5.74, 6) is 1.78. The number of hydrogen-bond acceptors (Lipinski definition) is 8. The van der Waals surface area contributed by atoms with Gasteiger partial charge in [-0.3, -0.25) is 9.59 Å². The molecule has 9 heteroatoms. The van der Waals surface area contributed by atoms with Crippen molar-refractivity contribution in [3.8, 4) is 34.1 Å². The van der Waals surface area contributed by atoms with E-state index in [1.807, 2.05) is 91.0 Å². The second-order valence-corrected chi connectivity index (χ2v) is 17.5. The van der Waals surface area contributed by atoms with Crippen LogP contribution in [0.4, 0.5) is 0 Å². The molecule has 1 saturated carbocycles. The van der Waals surface area contributed by atoms with E-state index in [0.717, 1.165) is 39.8 Å². The molecule has 63 heavy (non-hydrogen) atoms. The highest BCUT2D eigenvalue weighted by molar-refractivity contribution is 6.14. The molecule has 5 aromatic rings. The van der Waals surface area contributed by atoms with Crippen LogP contribution in [0.25, 0.3) is 11.1 Å². The molecule has 3 aliphatic carbocycles. The summed E-state index contributed by atoms with van der Waals surface area (Å²) >= 11 is 0. The molecule has 1 fully saturated rings. The van der Waals surface area contributed by atoms with Gasteiger partial charge in [0.1, 0.15) is 11.5 Å². The lowest BCUT2D eigenvalue weighted by Gasteiger charge is -2.46. The van der Waals surface area contributed by atoms with E-state index in [0.29, 0.717) is 72.6 Å². The molecule has 0 aromatic heterocycles. The van der Waals surface area contributed by atoms with Crippen LogP contribution in [-0.2, 0) is 24.2 Å². The van der Waals surface area contributed by atoms with Gasteiger partial charge in [-0.15, -0.1) is 0 Å². The highest BCUT2D eigenvalue weighted by Gasteiger charge is 2.57. The topological polar surface area (TPSA) is 115 Å². The molecule has 9 nitrogen and oxygen atoms in total. The lowest BCUT2D eigenvalue weighted by atomic mass is 9.64. The third-order valence-corrected chi connectivity index (χ3v) is 13.6. The fraction of sp³-hybridized carbons (Fsp3) is 0.370. The summed E-state index contributed by atoms with van der Waals surface area (Å²) in [7, 11) is 6.34.